The minimum atomic E-state index is 0.176. The largest absolute Gasteiger partial charge is 0.425 e. The second-order valence-corrected chi connectivity index (χ2v) is 6.00. The van der Waals surface area contributed by atoms with E-state index in [1.165, 1.54) is 0 Å². The van der Waals surface area contributed by atoms with Gasteiger partial charge in [0.05, 0.1) is 0 Å². The third-order valence-electron chi connectivity index (χ3n) is 2.85. The Hall–Kier alpha value is -0.900. The number of aryl methyl sites for hydroxylation is 1. The Morgan fingerprint density at radius 3 is 2.61 bits per heavy atom. The molecule has 4 heteroatoms. The predicted molar refractivity (Wildman–Crippen MR) is 73.7 cm³/mol. The van der Waals surface area contributed by atoms with Gasteiger partial charge in [0, 0.05) is 17.9 Å². The fourth-order valence-electron chi connectivity index (χ4n) is 1.83. The summed E-state index contributed by atoms with van der Waals surface area (Å²) in [5.74, 6) is 1.93. The van der Waals surface area contributed by atoms with Crippen molar-refractivity contribution in [2.45, 2.75) is 71.8 Å². The topological polar surface area (TPSA) is 51.0 Å². The molecule has 1 unspecified atom stereocenters. The molecule has 0 saturated carbocycles. The van der Waals surface area contributed by atoms with Gasteiger partial charge in [-0.3, -0.25) is 0 Å². The Morgan fingerprint density at radius 2 is 2.00 bits per heavy atom. The van der Waals surface area contributed by atoms with Crippen LogP contribution in [-0.4, -0.2) is 22.3 Å². The normalized spacial score (nSPS) is 13.8. The van der Waals surface area contributed by atoms with Crippen LogP contribution >= 0.6 is 0 Å². The van der Waals surface area contributed by atoms with Crippen LogP contribution in [0.15, 0.2) is 4.42 Å². The predicted octanol–water partition coefficient (Wildman–Crippen LogP) is 3.29. The zero-order valence-corrected chi connectivity index (χ0v) is 12.4. The summed E-state index contributed by atoms with van der Waals surface area (Å²) in [5.41, 5.74) is 0.176. The van der Waals surface area contributed by atoms with Crippen LogP contribution in [0.5, 0.6) is 0 Å². The molecule has 1 heterocycles. The van der Waals surface area contributed by atoms with E-state index >= 15 is 0 Å². The molecule has 0 aliphatic carbocycles. The third-order valence-corrected chi connectivity index (χ3v) is 2.85. The highest BCUT2D eigenvalue weighted by atomic mass is 16.4. The van der Waals surface area contributed by atoms with E-state index in [4.69, 9.17) is 4.42 Å². The summed E-state index contributed by atoms with van der Waals surface area (Å²) in [7, 11) is 0. The van der Waals surface area contributed by atoms with Crippen LogP contribution in [0.2, 0.25) is 0 Å². The third kappa shape index (κ3) is 5.63. The van der Waals surface area contributed by atoms with E-state index in [9.17, 15) is 0 Å². The molecule has 0 fully saturated rings. The first-order chi connectivity index (χ1) is 8.42. The molecular formula is C14H27N3O. The summed E-state index contributed by atoms with van der Waals surface area (Å²) in [6.07, 6.45) is 4.14. The quantitative estimate of drug-likeness (QED) is 0.758. The van der Waals surface area contributed by atoms with Gasteiger partial charge in [-0.1, -0.05) is 20.3 Å². The van der Waals surface area contributed by atoms with E-state index in [-0.39, 0.29) is 5.54 Å². The van der Waals surface area contributed by atoms with Crippen LogP contribution in [0, 0.1) is 0 Å². The van der Waals surface area contributed by atoms with Crippen molar-refractivity contribution in [3.8, 4) is 0 Å². The maximum Gasteiger partial charge on any atom is 0.219 e. The lowest BCUT2D eigenvalue weighted by Gasteiger charge is -2.19. The van der Waals surface area contributed by atoms with Crippen molar-refractivity contribution < 1.29 is 4.42 Å². The maximum absolute atomic E-state index is 5.68. The molecule has 0 aliphatic rings. The van der Waals surface area contributed by atoms with E-state index in [1.54, 1.807) is 0 Å². The smallest absolute Gasteiger partial charge is 0.219 e. The molecular weight excluding hydrogens is 226 g/mol. The van der Waals surface area contributed by atoms with Gasteiger partial charge in [0.25, 0.3) is 0 Å². The molecule has 1 aromatic rings. The zero-order chi connectivity index (χ0) is 13.6. The van der Waals surface area contributed by atoms with Gasteiger partial charge in [0.2, 0.25) is 11.8 Å². The van der Waals surface area contributed by atoms with Crippen LogP contribution in [0.25, 0.3) is 0 Å². The van der Waals surface area contributed by atoms with Crippen molar-refractivity contribution in [2.75, 3.05) is 6.54 Å². The number of nitrogens with one attached hydrogen (secondary N) is 1. The first kappa shape index (κ1) is 15.2. The van der Waals surface area contributed by atoms with E-state index < -0.39 is 0 Å². The molecule has 0 spiro atoms. The Morgan fingerprint density at radius 1 is 1.28 bits per heavy atom. The van der Waals surface area contributed by atoms with Gasteiger partial charge in [-0.15, -0.1) is 10.2 Å². The van der Waals surface area contributed by atoms with Gasteiger partial charge in [-0.05, 0) is 40.2 Å². The van der Waals surface area contributed by atoms with Gasteiger partial charge >= 0.3 is 0 Å². The summed E-state index contributed by atoms with van der Waals surface area (Å²) in [6.45, 7) is 11.8. The van der Waals surface area contributed by atoms with Crippen LogP contribution in [0.1, 0.15) is 71.6 Å². The van der Waals surface area contributed by atoms with Crippen molar-refractivity contribution >= 4 is 0 Å². The minimum Gasteiger partial charge on any atom is -0.425 e. The molecule has 0 amide bonds. The monoisotopic (exact) mass is 253 g/mol. The second kappa shape index (κ2) is 6.88. The molecule has 1 atom stereocenters. The molecule has 0 aliphatic heterocycles. The molecule has 1 rings (SSSR count). The zero-order valence-electron chi connectivity index (χ0n) is 12.4. The van der Waals surface area contributed by atoms with Crippen LogP contribution in [0.3, 0.4) is 0 Å². The minimum absolute atomic E-state index is 0.176. The Labute approximate surface area is 111 Å². The Bertz CT molecular complexity index is 341. The summed E-state index contributed by atoms with van der Waals surface area (Å²) >= 11 is 0. The molecule has 4 nitrogen and oxygen atoms in total. The van der Waals surface area contributed by atoms with E-state index in [1.807, 2.05) is 0 Å². The summed E-state index contributed by atoms with van der Waals surface area (Å²) in [5, 5.41) is 11.7. The fourth-order valence-corrected chi connectivity index (χ4v) is 1.83. The van der Waals surface area contributed by atoms with Gasteiger partial charge in [0.15, 0.2) is 0 Å². The molecule has 0 aromatic carbocycles. The fraction of sp³-hybridized carbons (Fsp3) is 0.857. The number of hydrogen-bond acceptors (Lipinski definition) is 4. The number of aromatic nitrogens is 2. The maximum atomic E-state index is 5.68. The number of nitrogens with zero attached hydrogens (tertiary/aromatic N) is 2. The second-order valence-electron chi connectivity index (χ2n) is 6.00. The van der Waals surface area contributed by atoms with Crippen molar-refractivity contribution in [3.05, 3.63) is 11.8 Å². The van der Waals surface area contributed by atoms with Crippen molar-refractivity contribution in [3.63, 3.8) is 0 Å². The van der Waals surface area contributed by atoms with Gasteiger partial charge < -0.3 is 9.73 Å². The van der Waals surface area contributed by atoms with Crippen molar-refractivity contribution in [2.24, 2.45) is 0 Å². The van der Waals surface area contributed by atoms with Crippen molar-refractivity contribution in [1.82, 2.24) is 15.5 Å². The highest BCUT2D eigenvalue weighted by Gasteiger charge is 2.13. The van der Waals surface area contributed by atoms with E-state index in [2.05, 4.69) is 50.1 Å². The van der Waals surface area contributed by atoms with Gasteiger partial charge in [-0.2, -0.15) is 0 Å². The lowest BCUT2D eigenvalue weighted by molar-refractivity contribution is 0.393. The molecule has 0 radical (unpaired) electrons. The highest BCUT2D eigenvalue weighted by molar-refractivity contribution is 4.89. The molecule has 0 saturated heterocycles. The number of rotatable bonds is 7. The summed E-state index contributed by atoms with van der Waals surface area (Å²) in [4.78, 5) is 0. The van der Waals surface area contributed by atoms with Crippen LogP contribution < -0.4 is 5.32 Å². The average Bonchev–Trinajstić information content (AvgIpc) is 2.72. The van der Waals surface area contributed by atoms with E-state index in [0.29, 0.717) is 5.92 Å². The summed E-state index contributed by atoms with van der Waals surface area (Å²) < 4.78 is 5.68. The molecule has 1 N–H and O–H groups in total. The molecule has 104 valence electrons. The summed E-state index contributed by atoms with van der Waals surface area (Å²) in [6, 6.07) is 0. The standard InChI is InChI=1S/C14H27N3O/c1-6-8-11(2)13-17-16-12(18-13)9-7-10-15-14(3,4)5/h11,15H,6-10H2,1-5H3. The highest BCUT2D eigenvalue weighted by Crippen LogP contribution is 2.19. The van der Waals surface area contributed by atoms with E-state index in [0.717, 1.165) is 44.0 Å². The van der Waals surface area contributed by atoms with Gasteiger partial charge in [0.1, 0.15) is 0 Å². The average molecular weight is 253 g/mol. The Kier molecular flexibility index (Phi) is 5.79. The van der Waals surface area contributed by atoms with Crippen LogP contribution in [-0.2, 0) is 6.42 Å². The number of hydrogen-bond donors (Lipinski definition) is 1. The molecule has 1 aromatic heterocycles. The molecule has 18 heavy (non-hydrogen) atoms. The van der Waals surface area contributed by atoms with Crippen molar-refractivity contribution in [1.29, 1.82) is 0 Å². The lowest BCUT2D eigenvalue weighted by atomic mass is 10.1. The first-order valence-corrected chi connectivity index (χ1v) is 6.99. The lowest BCUT2D eigenvalue weighted by Crippen LogP contribution is -2.36. The van der Waals surface area contributed by atoms with Gasteiger partial charge in [-0.25, -0.2) is 0 Å². The Balaban J connectivity index is 2.31. The van der Waals surface area contributed by atoms with Crippen LogP contribution in [0.4, 0.5) is 0 Å². The SMILES string of the molecule is CCCC(C)c1nnc(CCCNC(C)(C)C)o1. The molecule has 0 bridgehead atoms. The first-order valence-electron chi connectivity index (χ1n) is 6.99.